The number of fused-ring (bicyclic) bond motifs is 2. The minimum Gasteiger partial charge on any atom is -0.326 e. The fraction of sp³-hybridized carbons (Fsp3) is 0.438. The van der Waals surface area contributed by atoms with E-state index < -0.39 is 10.0 Å². The van der Waals surface area contributed by atoms with Crippen LogP contribution in [0.25, 0.3) is 0 Å². The van der Waals surface area contributed by atoms with E-state index >= 15 is 0 Å². The molecule has 22 heavy (non-hydrogen) atoms. The van der Waals surface area contributed by atoms with Crippen molar-refractivity contribution in [3.8, 4) is 0 Å². The van der Waals surface area contributed by atoms with Gasteiger partial charge in [-0.25, -0.2) is 12.7 Å². The molecule has 0 aromatic heterocycles. The van der Waals surface area contributed by atoms with Gasteiger partial charge in [0, 0.05) is 25.7 Å². The SMILES string of the molecule is CN(C)S(=O)(=O)c1ccc(NC(=O)[C@H]2C[C@@H]3C=C[C@@H]2C3)cc1. The zero-order valence-corrected chi connectivity index (χ0v) is 13.5. The van der Waals surface area contributed by atoms with Crippen LogP contribution in [0.3, 0.4) is 0 Å². The number of benzene rings is 1. The lowest BCUT2D eigenvalue weighted by Gasteiger charge is -2.18. The van der Waals surface area contributed by atoms with Crippen LogP contribution in [0.5, 0.6) is 0 Å². The number of sulfonamides is 1. The van der Waals surface area contributed by atoms with Crippen LogP contribution in [-0.4, -0.2) is 32.7 Å². The third-order valence-corrected chi connectivity index (χ3v) is 6.35. The molecule has 0 heterocycles. The molecule has 1 aromatic carbocycles. The summed E-state index contributed by atoms with van der Waals surface area (Å²) in [4.78, 5) is 12.5. The number of allylic oxidation sites excluding steroid dienone is 2. The van der Waals surface area contributed by atoms with Gasteiger partial charge in [0.1, 0.15) is 0 Å². The molecule has 2 bridgehead atoms. The minimum absolute atomic E-state index is 0.0278. The Labute approximate surface area is 131 Å². The molecule has 1 fully saturated rings. The molecule has 0 saturated heterocycles. The van der Waals surface area contributed by atoms with E-state index in [0.717, 1.165) is 12.8 Å². The summed E-state index contributed by atoms with van der Waals surface area (Å²) in [5.41, 5.74) is 0.634. The normalized spacial score (nSPS) is 26.6. The summed E-state index contributed by atoms with van der Waals surface area (Å²) >= 11 is 0. The smallest absolute Gasteiger partial charge is 0.242 e. The quantitative estimate of drug-likeness (QED) is 0.864. The predicted molar refractivity (Wildman–Crippen MR) is 84.8 cm³/mol. The number of nitrogens with one attached hydrogen (secondary N) is 1. The van der Waals surface area contributed by atoms with E-state index in [2.05, 4.69) is 17.5 Å². The Morgan fingerprint density at radius 3 is 2.32 bits per heavy atom. The number of hydrogen-bond donors (Lipinski definition) is 1. The van der Waals surface area contributed by atoms with Crippen molar-refractivity contribution in [1.82, 2.24) is 4.31 Å². The van der Waals surface area contributed by atoms with Crippen molar-refractivity contribution in [2.75, 3.05) is 19.4 Å². The van der Waals surface area contributed by atoms with Gasteiger partial charge in [0.25, 0.3) is 0 Å². The van der Waals surface area contributed by atoms with Crippen molar-refractivity contribution in [3.63, 3.8) is 0 Å². The van der Waals surface area contributed by atoms with Crippen molar-refractivity contribution < 1.29 is 13.2 Å². The van der Waals surface area contributed by atoms with E-state index in [0.29, 0.717) is 17.5 Å². The van der Waals surface area contributed by atoms with Gasteiger partial charge >= 0.3 is 0 Å². The van der Waals surface area contributed by atoms with Gasteiger partial charge in [-0.3, -0.25) is 4.79 Å². The molecule has 118 valence electrons. The van der Waals surface area contributed by atoms with Crippen molar-refractivity contribution in [1.29, 1.82) is 0 Å². The number of anilines is 1. The molecular weight excluding hydrogens is 300 g/mol. The average molecular weight is 320 g/mol. The summed E-state index contributed by atoms with van der Waals surface area (Å²) in [6.45, 7) is 0. The molecule has 2 aliphatic carbocycles. The fourth-order valence-corrected chi connectivity index (χ4v) is 4.14. The van der Waals surface area contributed by atoms with E-state index in [1.807, 2.05) is 0 Å². The molecular formula is C16H20N2O3S. The standard InChI is InChI=1S/C16H20N2O3S/c1-18(2)22(20,21)14-7-5-13(6-8-14)17-16(19)15-10-11-3-4-12(15)9-11/h3-8,11-12,15H,9-10H2,1-2H3,(H,17,19)/t11-,12-,15+/m1/s1. The number of hydrogen-bond acceptors (Lipinski definition) is 3. The largest absolute Gasteiger partial charge is 0.326 e. The van der Waals surface area contributed by atoms with Crippen molar-refractivity contribution >= 4 is 21.6 Å². The lowest BCUT2D eigenvalue weighted by molar-refractivity contribution is -0.120. The van der Waals surface area contributed by atoms with Gasteiger partial charge in [0.05, 0.1) is 4.90 Å². The Bertz CT molecular complexity index is 707. The van der Waals surface area contributed by atoms with Crippen molar-refractivity contribution in [2.24, 2.45) is 17.8 Å². The number of carbonyl (C=O) groups excluding carboxylic acids is 1. The van der Waals surface area contributed by atoms with Crippen LogP contribution in [0.15, 0.2) is 41.3 Å². The van der Waals surface area contributed by atoms with Crippen LogP contribution in [0.2, 0.25) is 0 Å². The zero-order chi connectivity index (χ0) is 15.9. The second kappa shape index (κ2) is 5.52. The molecule has 0 radical (unpaired) electrons. The Balaban J connectivity index is 1.69. The fourth-order valence-electron chi connectivity index (χ4n) is 3.24. The second-order valence-corrected chi connectivity index (χ2v) is 8.34. The monoisotopic (exact) mass is 320 g/mol. The van der Waals surface area contributed by atoms with Crippen molar-refractivity contribution in [3.05, 3.63) is 36.4 Å². The first-order valence-corrected chi connectivity index (χ1v) is 8.84. The predicted octanol–water partition coefficient (Wildman–Crippen LogP) is 2.09. The van der Waals surface area contributed by atoms with E-state index in [1.54, 1.807) is 12.1 Å². The van der Waals surface area contributed by atoms with Gasteiger partial charge < -0.3 is 5.32 Å². The molecule has 6 heteroatoms. The summed E-state index contributed by atoms with van der Waals surface area (Å²) in [5, 5.41) is 2.90. The maximum Gasteiger partial charge on any atom is 0.242 e. The molecule has 0 unspecified atom stereocenters. The molecule has 3 rings (SSSR count). The summed E-state index contributed by atoms with van der Waals surface area (Å²) < 4.78 is 25.2. The number of amides is 1. The summed E-state index contributed by atoms with van der Waals surface area (Å²) in [7, 11) is -0.446. The minimum atomic E-state index is -3.43. The van der Waals surface area contributed by atoms with Gasteiger partial charge in [0.15, 0.2) is 0 Å². The highest BCUT2D eigenvalue weighted by atomic mass is 32.2. The molecule has 5 nitrogen and oxygen atoms in total. The van der Waals surface area contributed by atoms with E-state index in [-0.39, 0.29) is 16.7 Å². The highest BCUT2D eigenvalue weighted by molar-refractivity contribution is 7.89. The Kier molecular flexibility index (Phi) is 3.82. The summed E-state index contributed by atoms with van der Waals surface area (Å²) in [6.07, 6.45) is 6.35. The topological polar surface area (TPSA) is 66.5 Å². The molecule has 1 saturated carbocycles. The van der Waals surface area contributed by atoms with Gasteiger partial charge in [-0.05, 0) is 48.9 Å². The highest BCUT2D eigenvalue weighted by Crippen LogP contribution is 2.43. The maximum atomic E-state index is 12.3. The van der Waals surface area contributed by atoms with Gasteiger partial charge in [-0.1, -0.05) is 12.2 Å². The van der Waals surface area contributed by atoms with Gasteiger partial charge in [-0.15, -0.1) is 0 Å². The van der Waals surface area contributed by atoms with Crippen molar-refractivity contribution in [2.45, 2.75) is 17.7 Å². The van der Waals surface area contributed by atoms with Crippen LogP contribution in [0.4, 0.5) is 5.69 Å². The second-order valence-electron chi connectivity index (χ2n) is 6.19. The Morgan fingerprint density at radius 1 is 1.14 bits per heavy atom. The van der Waals surface area contributed by atoms with Crippen LogP contribution < -0.4 is 5.32 Å². The lowest BCUT2D eigenvalue weighted by atomic mass is 9.93. The van der Waals surface area contributed by atoms with Crippen LogP contribution in [-0.2, 0) is 14.8 Å². The molecule has 1 aromatic rings. The van der Waals surface area contributed by atoms with E-state index in [1.165, 1.54) is 30.5 Å². The molecule has 3 atom stereocenters. The molecule has 1 N–H and O–H groups in total. The molecule has 0 aliphatic heterocycles. The highest BCUT2D eigenvalue weighted by Gasteiger charge is 2.39. The first kappa shape index (κ1) is 15.2. The Hall–Kier alpha value is -1.66. The van der Waals surface area contributed by atoms with Crippen LogP contribution in [0, 0.1) is 17.8 Å². The van der Waals surface area contributed by atoms with E-state index in [4.69, 9.17) is 0 Å². The molecule has 0 spiro atoms. The van der Waals surface area contributed by atoms with Gasteiger partial charge in [0.2, 0.25) is 15.9 Å². The number of rotatable bonds is 4. The lowest BCUT2D eigenvalue weighted by Crippen LogP contribution is -2.26. The maximum absolute atomic E-state index is 12.3. The zero-order valence-electron chi connectivity index (χ0n) is 12.7. The third-order valence-electron chi connectivity index (χ3n) is 4.52. The number of carbonyl (C=O) groups is 1. The summed E-state index contributed by atoms with van der Waals surface area (Å²) in [6, 6.07) is 6.31. The first-order chi connectivity index (χ1) is 10.4. The van der Waals surface area contributed by atoms with Crippen LogP contribution >= 0.6 is 0 Å². The average Bonchev–Trinajstić information content (AvgIpc) is 3.10. The van der Waals surface area contributed by atoms with E-state index in [9.17, 15) is 13.2 Å². The van der Waals surface area contributed by atoms with Gasteiger partial charge in [-0.2, -0.15) is 0 Å². The summed E-state index contributed by atoms with van der Waals surface area (Å²) in [5.74, 6) is 0.979. The molecule has 2 aliphatic rings. The number of nitrogens with zero attached hydrogens (tertiary/aromatic N) is 1. The Morgan fingerprint density at radius 2 is 1.82 bits per heavy atom. The van der Waals surface area contributed by atoms with Crippen LogP contribution in [0.1, 0.15) is 12.8 Å². The third kappa shape index (κ3) is 2.68. The molecule has 1 amide bonds. The first-order valence-electron chi connectivity index (χ1n) is 7.39.